The van der Waals surface area contributed by atoms with Gasteiger partial charge in [0.05, 0.1) is 5.92 Å². The van der Waals surface area contributed by atoms with E-state index in [9.17, 15) is 14.4 Å². The minimum atomic E-state index is -0.189. The van der Waals surface area contributed by atoms with Crippen LogP contribution in [0.3, 0.4) is 0 Å². The quantitative estimate of drug-likeness (QED) is 0.390. The van der Waals surface area contributed by atoms with Gasteiger partial charge in [-0.05, 0) is 36.5 Å². The Morgan fingerprint density at radius 3 is 1.97 bits per heavy atom. The maximum atomic E-state index is 12.4. The lowest BCUT2D eigenvalue weighted by Gasteiger charge is -2.24. The Morgan fingerprint density at radius 1 is 0.897 bits per heavy atom. The number of nitrogens with zero attached hydrogens (tertiary/aromatic N) is 1. The van der Waals surface area contributed by atoms with Gasteiger partial charge in [-0.3, -0.25) is 14.5 Å². The van der Waals surface area contributed by atoms with Gasteiger partial charge >= 0.3 is 6.03 Å². The Kier molecular flexibility index (Phi) is 10.1. The molecular formula is C23H43N3O3. The predicted molar refractivity (Wildman–Crippen MR) is 117 cm³/mol. The van der Waals surface area contributed by atoms with E-state index >= 15 is 0 Å². The van der Waals surface area contributed by atoms with Crippen LogP contribution >= 0.6 is 0 Å². The number of carbonyl (C=O) groups excluding carboxylic acids is 3. The van der Waals surface area contributed by atoms with E-state index < -0.39 is 0 Å². The van der Waals surface area contributed by atoms with Gasteiger partial charge in [-0.1, -0.05) is 60.8 Å². The molecule has 1 rings (SSSR count). The number of likely N-dealkylation sites (tertiary alicyclic amines) is 1. The molecule has 1 aliphatic heterocycles. The number of unbranched alkanes of at least 4 members (excludes halogenated alkanes) is 4. The van der Waals surface area contributed by atoms with E-state index in [1.54, 1.807) is 0 Å². The van der Waals surface area contributed by atoms with Gasteiger partial charge < -0.3 is 10.6 Å². The van der Waals surface area contributed by atoms with Gasteiger partial charge in [0.1, 0.15) is 0 Å². The molecule has 0 aromatic carbocycles. The first kappa shape index (κ1) is 25.4. The second-order valence-electron chi connectivity index (χ2n) is 10.6. The van der Waals surface area contributed by atoms with Crippen LogP contribution in [0.4, 0.5) is 4.79 Å². The van der Waals surface area contributed by atoms with Crippen LogP contribution in [-0.4, -0.2) is 42.4 Å². The zero-order valence-corrected chi connectivity index (χ0v) is 19.5. The molecule has 0 radical (unpaired) electrons. The van der Waals surface area contributed by atoms with Crippen LogP contribution in [0.1, 0.15) is 92.9 Å². The maximum absolute atomic E-state index is 12.4. The van der Waals surface area contributed by atoms with Crippen molar-refractivity contribution < 1.29 is 14.4 Å². The number of carbonyl (C=O) groups is 3. The molecular weight excluding hydrogens is 366 g/mol. The van der Waals surface area contributed by atoms with E-state index in [1.807, 2.05) is 20.8 Å². The van der Waals surface area contributed by atoms with Crippen molar-refractivity contribution in [2.75, 3.05) is 19.6 Å². The summed E-state index contributed by atoms with van der Waals surface area (Å²) in [6, 6.07) is -0.0951. The summed E-state index contributed by atoms with van der Waals surface area (Å²) in [5, 5.41) is 5.79. The van der Waals surface area contributed by atoms with E-state index in [4.69, 9.17) is 0 Å². The molecule has 2 N–H and O–H groups in total. The first-order valence-electron chi connectivity index (χ1n) is 11.3. The molecule has 168 valence electrons. The fraction of sp³-hybridized carbons (Fsp3) is 0.870. The summed E-state index contributed by atoms with van der Waals surface area (Å²) in [5.74, 6) is -0.231. The van der Waals surface area contributed by atoms with Gasteiger partial charge in [-0.2, -0.15) is 0 Å². The van der Waals surface area contributed by atoms with E-state index in [1.165, 1.54) is 11.3 Å². The van der Waals surface area contributed by atoms with E-state index in [-0.39, 0.29) is 29.2 Å². The molecule has 0 aromatic heterocycles. The molecule has 6 nitrogen and oxygen atoms in total. The number of urea groups is 1. The van der Waals surface area contributed by atoms with Gasteiger partial charge in [0.15, 0.2) is 0 Å². The second kappa shape index (κ2) is 11.6. The summed E-state index contributed by atoms with van der Waals surface area (Å²) in [6.45, 7) is 14.6. The molecule has 0 aromatic rings. The van der Waals surface area contributed by atoms with Crippen molar-refractivity contribution in [3.8, 4) is 0 Å². The standard InChI is InChI=1S/C23H43N3O3/c1-22(2,3)13-9-11-15-25-21(29)24-14-10-7-8-12-16-26-19(27)17-18(20(26)28)23(4,5)6/h18H,7-17H2,1-6H3,(H2,24,25,29). The highest BCUT2D eigenvalue weighted by molar-refractivity contribution is 6.03. The van der Waals surface area contributed by atoms with E-state index in [2.05, 4.69) is 31.4 Å². The third-order valence-electron chi connectivity index (χ3n) is 5.52. The smallest absolute Gasteiger partial charge is 0.314 e. The molecule has 0 spiro atoms. The molecule has 6 heteroatoms. The summed E-state index contributed by atoms with van der Waals surface area (Å²) >= 11 is 0. The highest BCUT2D eigenvalue weighted by atomic mass is 16.2. The first-order valence-corrected chi connectivity index (χ1v) is 11.3. The zero-order valence-electron chi connectivity index (χ0n) is 19.5. The fourth-order valence-corrected chi connectivity index (χ4v) is 3.59. The van der Waals surface area contributed by atoms with Crippen molar-refractivity contribution in [2.24, 2.45) is 16.7 Å². The second-order valence-corrected chi connectivity index (χ2v) is 10.6. The van der Waals surface area contributed by atoms with Crippen molar-refractivity contribution in [2.45, 2.75) is 92.9 Å². The molecule has 0 aliphatic carbocycles. The predicted octanol–water partition coefficient (Wildman–Crippen LogP) is 4.48. The number of rotatable bonds is 11. The molecule has 1 fully saturated rings. The van der Waals surface area contributed by atoms with Crippen LogP contribution < -0.4 is 10.6 Å². The van der Waals surface area contributed by atoms with Crippen LogP contribution in [0.25, 0.3) is 0 Å². The zero-order chi connectivity index (χ0) is 22.1. The summed E-state index contributed by atoms with van der Waals surface area (Å²) in [7, 11) is 0. The third-order valence-corrected chi connectivity index (χ3v) is 5.52. The average molecular weight is 410 g/mol. The lowest BCUT2D eigenvalue weighted by Crippen LogP contribution is -2.36. The number of amides is 4. The molecule has 1 aliphatic rings. The summed E-state index contributed by atoms with van der Waals surface area (Å²) < 4.78 is 0. The van der Waals surface area contributed by atoms with Crippen LogP contribution in [0.5, 0.6) is 0 Å². The molecule has 29 heavy (non-hydrogen) atoms. The van der Waals surface area contributed by atoms with E-state index in [0.717, 1.165) is 45.1 Å². The van der Waals surface area contributed by atoms with Crippen molar-refractivity contribution >= 4 is 17.8 Å². The SMILES string of the molecule is CC(C)(C)CCCCNC(=O)NCCCCCCN1C(=O)CC(C(C)(C)C)C1=O. The lowest BCUT2D eigenvalue weighted by molar-refractivity contribution is -0.140. The van der Waals surface area contributed by atoms with Crippen molar-refractivity contribution in [1.29, 1.82) is 0 Å². The normalized spacial score (nSPS) is 17.7. The molecule has 1 saturated heterocycles. The molecule has 1 unspecified atom stereocenters. The van der Waals surface area contributed by atoms with Gasteiger partial charge in [-0.25, -0.2) is 4.79 Å². The Morgan fingerprint density at radius 2 is 1.45 bits per heavy atom. The first-order chi connectivity index (χ1) is 13.4. The van der Waals surface area contributed by atoms with Crippen molar-refractivity contribution in [3.05, 3.63) is 0 Å². The minimum absolute atomic E-state index is 0.0108. The highest BCUT2D eigenvalue weighted by Gasteiger charge is 2.44. The molecule has 0 saturated carbocycles. The highest BCUT2D eigenvalue weighted by Crippen LogP contribution is 2.35. The number of nitrogens with one attached hydrogen (secondary N) is 2. The summed E-state index contributed by atoms with van der Waals surface area (Å²) in [6.07, 6.45) is 7.31. The third kappa shape index (κ3) is 10.1. The Bertz CT molecular complexity index is 547. The number of hydrogen-bond acceptors (Lipinski definition) is 3. The monoisotopic (exact) mass is 409 g/mol. The largest absolute Gasteiger partial charge is 0.338 e. The van der Waals surface area contributed by atoms with Crippen LogP contribution in [-0.2, 0) is 9.59 Å². The van der Waals surface area contributed by atoms with Gasteiger partial charge in [-0.15, -0.1) is 0 Å². The summed E-state index contributed by atoms with van der Waals surface area (Å²) in [4.78, 5) is 37.7. The minimum Gasteiger partial charge on any atom is -0.338 e. The van der Waals surface area contributed by atoms with Gasteiger partial charge in [0.25, 0.3) is 0 Å². The Hall–Kier alpha value is -1.59. The average Bonchev–Trinajstić information content (AvgIpc) is 2.87. The van der Waals surface area contributed by atoms with Crippen molar-refractivity contribution in [1.82, 2.24) is 15.5 Å². The fourth-order valence-electron chi connectivity index (χ4n) is 3.59. The van der Waals surface area contributed by atoms with Gasteiger partial charge in [0, 0.05) is 26.1 Å². The number of imide groups is 1. The maximum Gasteiger partial charge on any atom is 0.314 e. The Balaban J connectivity index is 2.04. The van der Waals surface area contributed by atoms with Crippen LogP contribution in [0.2, 0.25) is 0 Å². The topological polar surface area (TPSA) is 78.5 Å². The number of hydrogen-bond donors (Lipinski definition) is 2. The van der Waals surface area contributed by atoms with E-state index in [0.29, 0.717) is 24.9 Å². The Labute approximate surface area is 177 Å². The van der Waals surface area contributed by atoms with Crippen LogP contribution in [0.15, 0.2) is 0 Å². The summed E-state index contributed by atoms with van der Waals surface area (Å²) in [5.41, 5.74) is 0.187. The molecule has 1 atom stereocenters. The lowest BCUT2D eigenvalue weighted by atomic mass is 9.80. The van der Waals surface area contributed by atoms with Crippen LogP contribution in [0, 0.1) is 16.7 Å². The molecule has 4 amide bonds. The van der Waals surface area contributed by atoms with Gasteiger partial charge in [0.2, 0.25) is 11.8 Å². The molecule has 0 bridgehead atoms. The molecule has 1 heterocycles. The van der Waals surface area contributed by atoms with Crippen molar-refractivity contribution in [3.63, 3.8) is 0 Å².